The molecule has 0 aliphatic carbocycles. The predicted octanol–water partition coefficient (Wildman–Crippen LogP) is 3.72. The molecule has 0 atom stereocenters. The fourth-order valence-electron chi connectivity index (χ4n) is 2.98. The maximum absolute atomic E-state index is 11.1. The summed E-state index contributed by atoms with van der Waals surface area (Å²) in [5.41, 5.74) is 2.07. The van der Waals surface area contributed by atoms with Gasteiger partial charge >= 0.3 is 5.97 Å². The van der Waals surface area contributed by atoms with Crippen LogP contribution in [0.15, 0.2) is 29.6 Å². The summed E-state index contributed by atoms with van der Waals surface area (Å²) in [4.78, 5) is 15.9. The van der Waals surface area contributed by atoms with Gasteiger partial charge in [-0.2, -0.15) is 0 Å². The number of aryl methyl sites for hydroxylation is 1. The summed E-state index contributed by atoms with van der Waals surface area (Å²) in [5.74, 6) is 1.09. The van der Waals surface area contributed by atoms with Gasteiger partial charge in [-0.1, -0.05) is 0 Å². The van der Waals surface area contributed by atoms with E-state index in [-0.39, 0.29) is 25.0 Å². The average molecular weight is 397 g/mol. The summed E-state index contributed by atoms with van der Waals surface area (Å²) >= 11 is 1.74. The van der Waals surface area contributed by atoms with Gasteiger partial charge in [-0.05, 0) is 69.0 Å². The molecular weight excluding hydrogens is 372 g/mol. The van der Waals surface area contributed by atoms with E-state index in [1.165, 1.54) is 31.4 Å². The summed E-state index contributed by atoms with van der Waals surface area (Å²) in [6.07, 6.45) is 4.86. The van der Waals surface area contributed by atoms with Crippen LogP contribution in [0.1, 0.15) is 24.3 Å². The normalized spacial score (nSPS) is 14.5. The number of carbonyl (C=O) groups excluding carboxylic acids is 1. The van der Waals surface area contributed by atoms with Crippen molar-refractivity contribution in [3.63, 3.8) is 0 Å². The first-order valence-electron chi connectivity index (χ1n) is 8.70. The monoisotopic (exact) mass is 396 g/mol. The van der Waals surface area contributed by atoms with Crippen molar-refractivity contribution < 1.29 is 14.3 Å². The topological polar surface area (TPSA) is 60.5 Å². The summed E-state index contributed by atoms with van der Waals surface area (Å²) in [6.45, 7) is 2.23. The fourth-order valence-corrected chi connectivity index (χ4v) is 3.80. The number of esters is 1. The van der Waals surface area contributed by atoms with Crippen molar-refractivity contribution in [3.8, 4) is 17.0 Å². The molecule has 1 saturated heterocycles. The van der Waals surface area contributed by atoms with Crippen molar-refractivity contribution >= 4 is 29.7 Å². The minimum Gasteiger partial charge on any atom is -0.482 e. The Kier molecular flexibility index (Phi) is 8.35. The zero-order valence-electron chi connectivity index (χ0n) is 14.9. The molecule has 1 N–H and O–H groups in total. The Bertz CT molecular complexity index is 684. The molecule has 26 heavy (non-hydrogen) atoms. The zero-order valence-corrected chi connectivity index (χ0v) is 16.5. The van der Waals surface area contributed by atoms with E-state index in [9.17, 15) is 4.79 Å². The molecule has 1 aromatic heterocycles. The molecule has 2 heterocycles. The van der Waals surface area contributed by atoms with Crippen LogP contribution >= 0.6 is 23.7 Å². The van der Waals surface area contributed by atoms with Crippen LogP contribution in [0.4, 0.5) is 0 Å². The molecule has 5 nitrogen and oxygen atoms in total. The number of halogens is 1. The zero-order chi connectivity index (χ0) is 17.5. The van der Waals surface area contributed by atoms with Crippen molar-refractivity contribution in [2.75, 3.05) is 26.8 Å². The van der Waals surface area contributed by atoms with E-state index in [0.717, 1.165) is 36.7 Å². The van der Waals surface area contributed by atoms with Crippen LogP contribution in [0.25, 0.3) is 11.3 Å². The Morgan fingerprint density at radius 2 is 2.00 bits per heavy atom. The van der Waals surface area contributed by atoms with Gasteiger partial charge < -0.3 is 14.8 Å². The molecule has 0 amide bonds. The first-order chi connectivity index (χ1) is 12.2. The second kappa shape index (κ2) is 10.5. The SMILES string of the molecule is COC(=O)COc1ccc(-c2csc(CCC3CCNCC3)n2)cc1.Cl. The lowest BCUT2D eigenvalue weighted by molar-refractivity contribution is -0.142. The Morgan fingerprint density at radius 1 is 1.27 bits per heavy atom. The lowest BCUT2D eigenvalue weighted by Gasteiger charge is -2.21. The molecule has 0 bridgehead atoms. The Balaban J connectivity index is 0.00000243. The smallest absolute Gasteiger partial charge is 0.343 e. The fraction of sp³-hybridized carbons (Fsp3) is 0.474. The molecule has 2 aromatic rings. The number of thiazole rings is 1. The second-order valence-electron chi connectivity index (χ2n) is 6.25. The third-order valence-electron chi connectivity index (χ3n) is 4.51. The average Bonchev–Trinajstić information content (AvgIpc) is 3.14. The van der Waals surface area contributed by atoms with Crippen LogP contribution in [0.5, 0.6) is 5.75 Å². The van der Waals surface area contributed by atoms with Gasteiger partial charge in [-0.25, -0.2) is 9.78 Å². The summed E-state index contributed by atoms with van der Waals surface area (Å²) in [6, 6.07) is 7.65. The molecule has 0 saturated carbocycles. The van der Waals surface area contributed by atoms with E-state index in [4.69, 9.17) is 9.72 Å². The van der Waals surface area contributed by atoms with Crippen LogP contribution in [0, 0.1) is 5.92 Å². The summed E-state index contributed by atoms with van der Waals surface area (Å²) in [7, 11) is 1.35. The van der Waals surface area contributed by atoms with Gasteiger partial charge in [0.2, 0.25) is 0 Å². The molecule has 1 aromatic carbocycles. The first-order valence-corrected chi connectivity index (χ1v) is 9.57. The lowest BCUT2D eigenvalue weighted by atomic mass is 9.93. The highest BCUT2D eigenvalue weighted by atomic mass is 35.5. The highest BCUT2D eigenvalue weighted by Crippen LogP contribution is 2.26. The van der Waals surface area contributed by atoms with Crippen molar-refractivity contribution in [1.82, 2.24) is 10.3 Å². The van der Waals surface area contributed by atoms with Crippen LogP contribution in [0.2, 0.25) is 0 Å². The van der Waals surface area contributed by atoms with Gasteiger partial charge in [0.15, 0.2) is 6.61 Å². The number of nitrogens with one attached hydrogen (secondary N) is 1. The number of hydrogen-bond acceptors (Lipinski definition) is 6. The standard InChI is InChI=1S/C19H24N2O3S.ClH/c1-23-19(22)12-24-16-5-3-15(4-6-16)17-13-25-18(21-17)7-2-14-8-10-20-11-9-14;/h3-6,13-14,20H,2,7-12H2,1H3;1H. The van der Waals surface area contributed by atoms with Crippen LogP contribution in [0.3, 0.4) is 0 Å². The van der Waals surface area contributed by atoms with Gasteiger partial charge in [0.05, 0.1) is 17.8 Å². The Hall–Kier alpha value is -1.63. The van der Waals surface area contributed by atoms with Crippen LogP contribution in [-0.4, -0.2) is 37.8 Å². The van der Waals surface area contributed by atoms with Crippen molar-refractivity contribution in [2.24, 2.45) is 5.92 Å². The molecule has 0 unspecified atom stereocenters. The third kappa shape index (κ3) is 5.97. The van der Waals surface area contributed by atoms with Crippen molar-refractivity contribution in [1.29, 1.82) is 0 Å². The number of hydrogen-bond donors (Lipinski definition) is 1. The summed E-state index contributed by atoms with van der Waals surface area (Å²) < 4.78 is 9.92. The number of methoxy groups -OCH3 is 1. The molecule has 1 aliphatic rings. The maximum Gasteiger partial charge on any atom is 0.343 e. The number of piperidine rings is 1. The molecule has 0 spiro atoms. The van der Waals surface area contributed by atoms with Gasteiger partial charge in [-0.3, -0.25) is 0 Å². The highest BCUT2D eigenvalue weighted by Gasteiger charge is 2.14. The van der Waals surface area contributed by atoms with Gasteiger partial charge in [0, 0.05) is 10.9 Å². The number of aromatic nitrogens is 1. The van der Waals surface area contributed by atoms with E-state index in [0.29, 0.717) is 5.75 Å². The number of nitrogens with zero attached hydrogens (tertiary/aromatic N) is 1. The molecule has 1 fully saturated rings. The maximum atomic E-state index is 11.1. The van der Waals surface area contributed by atoms with Crippen molar-refractivity contribution in [2.45, 2.75) is 25.7 Å². The summed E-state index contributed by atoms with van der Waals surface area (Å²) in [5, 5.41) is 6.73. The van der Waals surface area contributed by atoms with E-state index in [1.54, 1.807) is 11.3 Å². The molecule has 142 valence electrons. The van der Waals surface area contributed by atoms with Crippen LogP contribution in [-0.2, 0) is 16.0 Å². The molecule has 1 aliphatic heterocycles. The molecular formula is C19H25ClN2O3S. The predicted molar refractivity (Wildman–Crippen MR) is 106 cm³/mol. The van der Waals surface area contributed by atoms with Crippen LogP contribution < -0.4 is 10.1 Å². The van der Waals surface area contributed by atoms with Gasteiger partial charge in [0.25, 0.3) is 0 Å². The molecule has 3 rings (SSSR count). The highest BCUT2D eigenvalue weighted by molar-refractivity contribution is 7.09. The van der Waals surface area contributed by atoms with E-state index in [1.807, 2.05) is 24.3 Å². The largest absolute Gasteiger partial charge is 0.482 e. The quantitative estimate of drug-likeness (QED) is 0.723. The number of ether oxygens (including phenoxy) is 2. The lowest BCUT2D eigenvalue weighted by Crippen LogP contribution is -2.27. The Morgan fingerprint density at radius 3 is 2.69 bits per heavy atom. The van der Waals surface area contributed by atoms with Gasteiger partial charge in [-0.15, -0.1) is 23.7 Å². The van der Waals surface area contributed by atoms with Gasteiger partial charge in [0.1, 0.15) is 5.75 Å². The number of carbonyl (C=O) groups is 1. The van der Waals surface area contributed by atoms with E-state index in [2.05, 4.69) is 15.4 Å². The first kappa shape index (κ1) is 20.7. The van der Waals surface area contributed by atoms with Crippen molar-refractivity contribution in [3.05, 3.63) is 34.7 Å². The number of rotatable bonds is 7. The minimum absolute atomic E-state index is 0. The van der Waals surface area contributed by atoms with E-state index < -0.39 is 0 Å². The van der Waals surface area contributed by atoms with E-state index >= 15 is 0 Å². The molecule has 0 radical (unpaired) electrons. The number of benzene rings is 1. The Labute approximate surface area is 164 Å². The molecule has 7 heteroatoms. The second-order valence-corrected chi connectivity index (χ2v) is 7.19. The third-order valence-corrected chi connectivity index (χ3v) is 5.42. The minimum atomic E-state index is -0.387.